The molecule has 0 bridgehead atoms. The van der Waals surface area contributed by atoms with Crippen molar-refractivity contribution in [1.29, 1.82) is 0 Å². The van der Waals surface area contributed by atoms with Crippen molar-refractivity contribution in [3.63, 3.8) is 0 Å². The van der Waals surface area contributed by atoms with Crippen LogP contribution in [0, 0.1) is 6.92 Å². The van der Waals surface area contributed by atoms with Crippen LogP contribution in [0.5, 0.6) is 0 Å². The van der Waals surface area contributed by atoms with E-state index >= 15 is 0 Å². The molecule has 2 aromatic rings. The lowest BCUT2D eigenvalue weighted by Crippen LogP contribution is -2.31. The molecule has 1 N–H and O–H groups in total. The van der Waals surface area contributed by atoms with Crippen molar-refractivity contribution in [2.75, 3.05) is 6.54 Å². The lowest BCUT2D eigenvalue weighted by molar-refractivity contribution is 0.592. The summed E-state index contributed by atoms with van der Waals surface area (Å²) in [5.41, 5.74) is 1.71. The first-order valence-corrected chi connectivity index (χ1v) is 8.31. The van der Waals surface area contributed by atoms with E-state index in [2.05, 4.69) is 16.3 Å². The second-order valence-corrected chi connectivity index (χ2v) is 6.44. The van der Waals surface area contributed by atoms with Crippen LogP contribution >= 0.6 is 0 Å². The Morgan fingerprint density at radius 1 is 1.14 bits per heavy atom. The van der Waals surface area contributed by atoms with E-state index < -0.39 is 10.0 Å². The molecule has 0 heterocycles. The third-order valence-corrected chi connectivity index (χ3v) is 4.34. The predicted octanol–water partition coefficient (Wildman–Crippen LogP) is 2.91. The van der Waals surface area contributed by atoms with Gasteiger partial charge in [0.15, 0.2) is 0 Å². The lowest BCUT2D eigenvalue weighted by Gasteiger charge is -2.11. The van der Waals surface area contributed by atoms with Gasteiger partial charge in [0.1, 0.15) is 5.84 Å². The predicted molar refractivity (Wildman–Crippen MR) is 89.5 cm³/mol. The summed E-state index contributed by atoms with van der Waals surface area (Å²) < 4.78 is 27.5. The fourth-order valence-electron chi connectivity index (χ4n) is 1.84. The van der Waals surface area contributed by atoms with Crippen LogP contribution in [0.25, 0.3) is 0 Å². The normalized spacial score (nSPS) is 12.0. The number of rotatable bonds is 5. The monoisotopic (exact) mass is 314 g/mol. The maximum atomic E-state index is 12.5. The molecule has 2 rings (SSSR count). The van der Waals surface area contributed by atoms with Crippen LogP contribution in [0.3, 0.4) is 0 Å². The third-order valence-electron chi connectivity index (χ3n) is 2.99. The molecule has 4 nitrogen and oxygen atoms in total. The number of nitrogens with zero attached hydrogens (tertiary/aromatic N) is 1. The topological polar surface area (TPSA) is 58.5 Å². The minimum atomic E-state index is -3.67. The minimum Gasteiger partial charge on any atom is -0.263 e. The number of nitrogens with one attached hydrogen (secondary N) is 1. The summed E-state index contributed by atoms with van der Waals surface area (Å²) in [6, 6.07) is 15.8. The van der Waals surface area contributed by atoms with Gasteiger partial charge in [-0.05, 0) is 19.1 Å². The van der Waals surface area contributed by atoms with Crippen LogP contribution < -0.4 is 4.72 Å². The van der Waals surface area contributed by atoms with Crippen LogP contribution in [0.15, 0.2) is 77.1 Å². The Kier molecular flexibility index (Phi) is 5.12. The zero-order valence-corrected chi connectivity index (χ0v) is 13.2. The maximum Gasteiger partial charge on any atom is 0.263 e. The highest BCUT2D eigenvalue weighted by Gasteiger charge is 2.16. The molecule has 0 unspecified atom stereocenters. The first-order valence-electron chi connectivity index (χ1n) is 6.83. The molecule has 114 valence electrons. The average Bonchev–Trinajstić information content (AvgIpc) is 2.52. The molecule has 0 aliphatic heterocycles. The van der Waals surface area contributed by atoms with Crippen LogP contribution in [-0.4, -0.2) is 20.8 Å². The Bertz CT molecular complexity index is 764. The lowest BCUT2D eigenvalue weighted by atomic mass is 10.2. The molecule has 0 spiro atoms. The van der Waals surface area contributed by atoms with Crippen molar-refractivity contribution in [3.8, 4) is 0 Å². The Morgan fingerprint density at radius 2 is 1.77 bits per heavy atom. The van der Waals surface area contributed by atoms with E-state index in [1.54, 1.807) is 42.5 Å². The summed E-state index contributed by atoms with van der Waals surface area (Å²) in [5.74, 6) is 0.307. The standard InChI is InChI=1S/C17H18N2O2S/c1-3-13-18-17(15-7-5-4-6-8-15)19-22(20,21)16-11-9-14(2)10-12-16/h3-12H,1,13H2,2H3,(H,18,19). The van der Waals surface area contributed by atoms with Gasteiger partial charge in [0.05, 0.1) is 11.4 Å². The van der Waals surface area contributed by atoms with E-state index in [0.29, 0.717) is 17.9 Å². The summed E-state index contributed by atoms with van der Waals surface area (Å²) in [6.45, 7) is 5.85. The van der Waals surface area contributed by atoms with Crippen LogP contribution in [0.4, 0.5) is 0 Å². The Morgan fingerprint density at radius 3 is 2.36 bits per heavy atom. The molecular weight excluding hydrogens is 296 g/mol. The highest BCUT2D eigenvalue weighted by molar-refractivity contribution is 7.90. The number of hydrogen-bond donors (Lipinski definition) is 1. The third kappa shape index (κ3) is 4.05. The minimum absolute atomic E-state index is 0.209. The molecule has 2 aromatic carbocycles. The van der Waals surface area contributed by atoms with Crippen LogP contribution in [0.1, 0.15) is 11.1 Å². The van der Waals surface area contributed by atoms with Gasteiger partial charge in [-0.1, -0.05) is 54.1 Å². The number of aliphatic imine (C=N–C) groups is 1. The molecule has 5 heteroatoms. The van der Waals surface area contributed by atoms with E-state index in [0.717, 1.165) is 5.56 Å². The molecule has 0 amide bonds. The molecule has 0 aromatic heterocycles. The molecule has 0 fully saturated rings. The Labute approximate surface area is 131 Å². The van der Waals surface area contributed by atoms with E-state index in [1.807, 2.05) is 25.1 Å². The van der Waals surface area contributed by atoms with E-state index in [9.17, 15) is 8.42 Å². The Balaban J connectivity index is 2.34. The van der Waals surface area contributed by atoms with Crippen molar-refractivity contribution in [3.05, 3.63) is 78.4 Å². The average molecular weight is 314 g/mol. The molecule has 0 atom stereocenters. The largest absolute Gasteiger partial charge is 0.263 e. The summed E-state index contributed by atoms with van der Waals surface area (Å²) in [4.78, 5) is 4.46. The van der Waals surface area contributed by atoms with Gasteiger partial charge >= 0.3 is 0 Å². The first-order chi connectivity index (χ1) is 10.5. The highest BCUT2D eigenvalue weighted by Crippen LogP contribution is 2.11. The summed E-state index contributed by atoms with van der Waals surface area (Å²) >= 11 is 0. The van der Waals surface area contributed by atoms with Crippen LogP contribution in [0.2, 0.25) is 0 Å². The van der Waals surface area contributed by atoms with Crippen molar-refractivity contribution < 1.29 is 8.42 Å². The highest BCUT2D eigenvalue weighted by atomic mass is 32.2. The van der Waals surface area contributed by atoms with E-state index in [1.165, 1.54) is 0 Å². The SMILES string of the molecule is C=CCN=C(NS(=O)(=O)c1ccc(C)cc1)c1ccccc1. The van der Waals surface area contributed by atoms with Gasteiger partial charge in [-0.3, -0.25) is 9.71 Å². The van der Waals surface area contributed by atoms with Crippen molar-refractivity contribution in [2.45, 2.75) is 11.8 Å². The molecule has 0 aliphatic carbocycles. The summed E-state index contributed by atoms with van der Waals surface area (Å²) in [7, 11) is -3.67. The molecule has 0 aliphatic rings. The van der Waals surface area contributed by atoms with E-state index in [-0.39, 0.29) is 4.90 Å². The second-order valence-electron chi connectivity index (χ2n) is 4.76. The van der Waals surface area contributed by atoms with Crippen molar-refractivity contribution in [1.82, 2.24) is 4.72 Å². The zero-order chi connectivity index (χ0) is 16.0. The summed E-state index contributed by atoms with van der Waals surface area (Å²) in [5, 5.41) is 0. The molecule has 0 saturated heterocycles. The quantitative estimate of drug-likeness (QED) is 0.524. The first kappa shape index (κ1) is 16.0. The smallest absolute Gasteiger partial charge is 0.263 e. The maximum absolute atomic E-state index is 12.5. The van der Waals surface area contributed by atoms with Gasteiger partial charge in [0.25, 0.3) is 10.0 Å². The van der Waals surface area contributed by atoms with Gasteiger partial charge in [-0.25, -0.2) is 8.42 Å². The fourth-order valence-corrected chi connectivity index (χ4v) is 2.89. The number of amidine groups is 1. The number of hydrogen-bond acceptors (Lipinski definition) is 3. The molecule has 22 heavy (non-hydrogen) atoms. The fraction of sp³-hybridized carbons (Fsp3) is 0.118. The van der Waals surface area contributed by atoms with Gasteiger partial charge in [0, 0.05) is 5.56 Å². The molecule has 0 saturated carbocycles. The second kappa shape index (κ2) is 7.04. The van der Waals surface area contributed by atoms with Gasteiger partial charge in [-0.2, -0.15) is 0 Å². The molecule has 0 radical (unpaired) electrons. The number of benzene rings is 2. The van der Waals surface area contributed by atoms with Crippen molar-refractivity contribution >= 4 is 15.9 Å². The van der Waals surface area contributed by atoms with Gasteiger partial charge < -0.3 is 0 Å². The summed E-state index contributed by atoms with van der Waals surface area (Å²) in [6.07, 6.45) is 1.61. The van der Waals surface area contributed by atoms with Gasteiger partial charge in [0.2, 0.25) is 0 Å². The number of aryl methyl sites for hydroxylation is 1. The number of sulfonamides is 1. The molecular formula is C17H18N2O2S. The van der Waals surface area contributed by atoms with Crippen molar-refractivity contribution in [2.24, 2.45) is 4.99 Å². The van der Waals surface area contributed by atoms with Gasteiger partial charge in [-0.15, -0.1) is 6.58 Å². The zero-order valence-electron chi connectivity index (χ0n) is 12.4. The van der Waals surface area contributed by atoms with Crippen LogP contribution in [-0.2, 0) is 10.0 Å². The van der Waals surface area contributed by atoms with E-state index in [4.69, 9.17) is 0 Å². The Hall–Kier alpha value is -2.40.